The lowest BCUT2D eigenvalue weighted by molar-refractivity contribution is -0.119. The van der Waals surface area contributed by atoms with E-state index in [0.29, 0.717) is 0 Å². The van der Waals surface area contributed by atoms with Gasteiger partial charge in [0, 0.05) is 44.2 Å². The number of amides is 2. The highest BCUT2D eigenvalue weighted by Gasteiger charge is 2.26. The number of hydrogen-bond donors (Lipinski definition) is 2. The Morgan fingerprint density at radius 1 is 1.13 bits per heavy atom. The summed E-state index contributed by atoms with van der Waals surface area (Å²) in [5.74, 6) is -0.114. The van der Waals surface area contributed by atoms with Crippen LogP contribution in [-0.2, 0) is 9.59 Å². The van der Waals surface area contributed by atoms with Crippen LogP contribution in [0.25, 0.3) is 16.9 Å². The van der Waals surface area contributed by atoms with Crippen LogP contribution in [-0.4, -0.2) is 45.5 Å². The minimum absolute atomic E-state index is 0.00380. The molecule has 0 saturated carbocycles. The Morgan fingerprint density at radius 2 is 1.93 bits per heavy atom. The molecule has 0 unspecified atom stereocenters. The lowest BCUT2D eigenvalue weighted by Crippen LogP contribution is -2.35. The normalized spacial score (nSPS) is 16.1. The van der Waals surface area contributed by atoms with Gasteiger partial charge in [0.1, 0.15) is 0 Å². The molecule has 30 heavy (non-hydrogen) atoms. The van der Waals surface area contributed by atoms with Gasteiger partial charge in [-0.25, -0.2) is 9.50 Å². The molecule has 8 heteroatoms. The molecule has 0 aliphatic carbocycles. The Kier molecular flexibility index (Phi) is 5.15. The summed E-state index contributed by atoms with van der Waals surface area (Å²) in [6.07, 6.45) is 0.901. The predicted octanol–water partition coefficient (Wildman–Crippen LogP) is 2.69. The lowest BCUT2D eigenvalue weighted by Gasteiger charge is -2.20. The van der Waals surface area contributed by atoms with Gasteiger partial charge in [0.25, 0.3) is 0 Å². The molecule has 2 aromatic heterocycles. The number of carbonyl (C=O) groups is 2. The first kappa shape index (κ1) is 19.9. The van der Waals surface area contributed by atoms with Crippen molar-refractivity contribution in [3.05, 3.63) is 41.7 Å². The van der Waals surface area contributed by atoms with E-state index in [2.05, 4.69) is 21.6 Å². The summed E-state index contributed by atoms with van der Waals surface area (Å²) in [4.78, 5) is 30.0. The van der Waals surface area contributed by atoms with Crippen molar-refractivity contribution in [1.29, 1.82) is 0 Å². The van der Waals surface area contributed by atoms with Gasteiger partial charge in [-0.1, -0.05) is 12.1 Å². The van der Waals surface area contributed by atoms with Gasteiger partial charge in [-0.3, -0.25) is 9.59 Å². The maximum Gasteiger partial charge on any atom is 0.221 e. The van der Waals surface area contributed by atoms with Crippen LogP contribution >= 0.6 is 0 Å². The third-order valence-electron chi connectivity index (χ3n) is 5.25. The summed E-state index contributed by atoms with van der Waals surface area (Å²) in [5.41, 5.74) is 6.14. The third kappa shape index (κ3) is 3.85. The number of fused-ring (bicyclic) bond motifs is 1. The molecule has 8 nitrogen and oxygen atoms in total. The number of imidazole rings is 1. The van der Waals surface area contributed by atoms with Crippen LogP contribution in [0.4, 0.5) is 11.4 Å². The number of hydrogen-bond acceptors (Lipinski definition) is 5. The molecule has 2 amide bonds. The standard InChI is InChI=1S/C22H26N6O2/c1-13-10-20(27-9-8-19(12-27)25-16(4)30)22-23-14(2)21(28(22)26-13)17-6-5-7-18(11-17)24-15(3)29/h5-7,10-11,19H,8-9,12H2,1-4H3,(H,24,29)(H,25,30)/t19-/m1/s1. The Balaban J connectivity index is 1.77. The molecule has 2 N–H and O–H groups in total. The number of carbonyl (C=O) groups excluding carboxylic acids is 2. The number of anilines is 2. The number of aromatic nitrogens is 3. The molecular formula is C22H26N6O2. The molecule has 1 atom stereocenters. The molecule has 1 aliphatic heterocycles. The van der Waals surface area contributed by atoms with Crippen molar-refractivity contribution in [2.24, 2.45) is 0 Å². The molecule has 1 saturated heterocycles. The minimum atomic E-state index is -0.110. The first-order valence-electron chi connectivity index (χ1n) is 10.1. The van der Waals surface area contributed by atoms with E-state index in [4.69, 9.17) is 10.1 Å². The monoisotopic (exact) mass is 406 g/mol. The van der Waals surface area contributed by atoms with E-state index in [9.17, 15) is 9.59 Å². The summed E-state index contributed by atoms with van der Waals surface area (Å²) in [5, 5.41) is 10.6. The van der Waals surface area contributed by atoms with E-state index in [-0.39, 0.29) is 17.9 Å². The minimum Gasteiger partial charge on any atom is -0.366 e. The maximum atomic E-state index is 11.4. The molecule has 1 aliphatic rings. The Hall–Kier alpha value is -3.42. The fourth-order valence-corrected chi connectivity index (χ4v) is 4.13. The van der Waals surface area contributed by atoms with E-state index in [0.717, 1.165) is 59.2 Å². The molecule has 4 rings (SSSR count). The topological polar surface area (TPSA) is 91.6 Å². The smallest absolute Gasteiger partial charge is 0.221 e. The SMILES string of the molecule is CC(=O)Nc1cccc(-c2c(C)nc3c(N4CC[C@@H](NC(C)=O)C4)cc(C)nn23)c1. The molecule has 0 spiro atoms. The molecule has 0 bridgehead atoms. The van der Waals surface area contributed by atoms with Crippen molar-refractivity contribution < 1.29 is 9.59 Å². The van der Waals surface area contributed by atoms with Crippen molar-refractivity contribution in [2.75, 3.05) is 23.3 Å². The summed E-state index contributed by atoms with van der Waals surface area (Å²) >= 11 is 0. The fourth-order valence-electron chi connectivity index (χ4n) is 4.13. The number of benzene rings is 1. The van der Waals surface area contributed by atoms with E-state index in [1.807, 2.05) is 42.6 Å². The number of nitrogens with one attached hydrogen (secondary N) is 2. The molecule has 1 fully saturated rings. The average Bonchev–Trinajstić information content (AvgIpc) is 3.24. The zero-order valence-electron chi connectivity index (χ0n) is 17.7. The molecule has 3 heterocycles. The quantitative estimate of drug-likeness (QED) is 0.695. The van der Waals surface area contributed by atoms with Crippen LogP contribution in [0.3, 0.4) is 0 Å². The van der Waals surface area contributed by atoms with Crippen LogP contribution in [0.2, 0.25) is 0 Å². The van der Waals surface area contributed by atoms with E-state index >= 15 is 0 Å². The van der Waals surface area contributed by atoms with Crippen LogP contribution in [0.1, 0.15) is 31.7 Å². The van der Waals surface area contributed by atoms with Crippen molar-refractivity contribution >= 4 is 28.8 Å². The van der Waals surface area contributed by atoms with Crippen molar-refractivity contribution in [3.8, 4) is 11.3 Å². The van der Waals surface area contributed by atoms with Gasteiger partial charge in [0.15, 0.2) is 5.65 Å². The Labute approximate surface area is 175 Å². The number of aryl methyl sites for hydroxylation is 2. The zero-order chi connectivity index (χ0) is 21.4. The zero-order valence-corrected chi connectivity index (χ0v) is 17.7. The Morgan fingerprint density at radius 3 is 2.67 bits per heavy atom. The second kappa shape index (κ2) is 7.78. The molecule has 156 valence electrons. The molecule has 1 aromatic carbocycles. The van der Waals surface area contributed by atoms with Crippen molar-refractivity contribution in [3.63, 3.8) is 0 Å². The summed E-state index contributed by atoms with van der Waals surface area (Å²) < 4.78 is 1.89. The van der Waals surface area contributed by atoms with Gasteiger partial charge in [-0.2, -0.15) is 5.10 Å². The van der Waals surface area contributed by atoms with E-state index < -0.39 is 0 Å². The number of rotatable bonds is 4. The second-order valence-corrected chi connectivity index (χ2v) is 7.85. The van der Waals surface area contributed by atoms with E-state index in [1.54, 1.807) is 6.92 Å². The maximum absolute atomic E-state index is 11.4. The fraction of sp³-hybridized carbons (Fsp3) is 0.364. The highest BCUT2D eigenvalue weighted by molar-refractivity contribution is 5.89. The van der Waals surface area contributed by atoms with Gasteiger partial charge >= 0.3 is 0 Å². The summed E-state index contributed by atoms with van der Waals surface area (Å²) in [6, 6.07) is 9.89. The average molecular weight is 406 g/mol. The van der Waals surface area contributed by atoms with Crippen LogP contribution in [0.5, 0.6) is 0 Å². The highest BCUT2D eigenvalue weighted by Crippen LogP contribution is 2.32. The predicted molar refractivity (Wildman–Crippen MR) is 117 cm³/mol. The van der Waals surface area contributed by atoms with Crippen molar-refractivity contribution in [1.82, 2.24) is 19.9 Å². The first-order valence-corrected chi connectivity index (χ1v) is 10.1. The summed E-state index contributed by atoms with van der Waals surface area (Å²) in [6.45, 7) is 8.58. The van der Waals surface area contributed by atoms with Crippen LogP contribution in [0, 0.1) is 13.8 Å². The van der Waals surface area contributed by atoms with Gasteiger partial charge < -0.3 is 15.5 Å². The molecule has 0 radical (unpaired) electrons. The second-order valence-electron chi connectivity index (χ2n) is 7.85. The molecule has 3 aromatic rings. The van der Waals surface area contributed by atoms with Crippen LogP contribution < -0.4 is 15.5 Å². The number of nitrogens with zero attached hydrogens (tertiary/aromatic N) is 4. The third-order valence-corrected chi connectivity index (χ3v) is 5.25. The molecular weight excluding hydrogens is 380 g/mol. The first-order chi connectivity index (χ1) is 14.3. The lowest BCUT2D eigenvalue weighted by atomic mass is 10.1. The van der Waals surface area contributed by atoms with Gasteiger partial charge in [-0.15, -0.1) is 0 Å². The van der Waals surface area contributed by atoms with Gasteiger partial charge in [0.05, 0.1) is 22.8 Å². The van der Waals surface area contributed by atoms with Crippen LogP contribution in [0.15, 0.2) is 30.3 Å². The van der Waals surface area contributed by atoms with E-state index in [1.165, 1.54) is 6.92 Å². The highest BCUT2D eigenvalue weighted by atomic mass is 16.2. The van der Waals surface area contributed by atoms with Crippen molar-refractivity contribution in [2.45, 2.75) is 40.2 Å². The summed E-state index contributed by atoms with van der Waals surface area (Å²) in [7, 11) is 0. The largest absolute Gasteiger partial charge is 0.366 e. The van der Waals surface area contributed by atoms with Gasteiger partial charge in [-0.05, 0) is 38.5 Å². The Bertz CT molecular complexity index is 1140. The van der Waals surface area contributed by atoms with Gasteiger partial charge in [0.2, 0.25) is 11.8 Å².